The first-order valence-corrected chi connectivity index (χ1v) is 11.8. The lowest BCUT2D eigenvalue weighted by Gasteiger charge is -2.54. The van der Waals surface area contributed by atoms with Crippen molar-refractivity contribution < 1.29 is 20.1 Å². The second kappa shape index (κ2) is 9.04. The molecule has 3 aliphatic carbocycles. The Morgan fingerprint density at radius 3 is 2.46 bits per heavy atom. The van der Waals surface area contributed by atoms with Gasteiger partial charge in [0.1, 0.15) is 0 Å². The molecule has 3 rings (SSSR count). The summed E-state index contributed by atoms with van der Waals surface area (Å²) in [6.07, 6.45) is 10.2. The first-order valence-electron chi connectivity index (χ1n) is 11.8. The van der Waals surface area contributed by atoms with Gasteiger partial charge in [-0.05, 0) is 92.3 Å². The van der Waals surface area contributed by atoms with E-state index in [-0.39, 0.29) is 24.0 Å². The van der Waals surface area contributed by atoms with Gasteiger partial charge in [-0.15, -0.1) is 0 Å². The van der Waals surface area contributed by atoms with Gasteiger partial charge in [0.15, 0.2) is 0 Å². The smallest absolute Gasteiger partial charge is 0.303 e. The van der Waals surface area contributed by atoms with Crippen LogP contribution in [0.15, 0.2) is 0 Å². The van der Waals surface area contributed by atoms with Crippen molar-refractivity contribution in [2.24, 2.45) is 40.9 Å². The van der Waals surface area contributed by atoms with Gasteiger partial charge in [-0.2, -0.15) is 0 Å². The van der Waals surface area contributed by atoms with Crippen LogP contribution in [0.5, 0.6) is 0 Å². The SMILES string of the molecule is C[C@H](CCC(=O)O)[C@H]1CCC2C3CCCC[C@H](O)CC[C@H](C)C3C[C@H](O)[C@@]21C. The summed E-state index contributed by atoms with van der Waals surface area (Å²) in [6.45, 7) is 6.86. The number of rotatable bonds is 4. The Morgan fingerprint density at radius 2 is 1.75 bits per heavy atom. The molecule has 9 atom stereocenters. The second-order valence-corrected chi connectivity index (χ2v) is 10.6. The summed E-state index contributed by atoms with van der Waals surface area (Å²) < 4.78 is 0. The minimum absolute atomic E-state index is 0.0670. The zero-order chi connectivity index (χ0) is 20.5. The predicted molar refractivity (Wildman–Crippen MR) is 111 cm³/mol. The number of carboxylic acid groups (broad SMARTS) is 1. The Labute approximate surface area is 171 Å². The summed E-state index contributed by atoms with van der Waals surface area (Å²) in [5, 5.41) is 30.6. The van der Waals surface area contributed by atoms with Crippen molar-refractivity contribution in [1.29, 1.82) is 0 Å². The highest BCUT2D eigenvalue weighted by molar-refractivity contribution is 5.66. The molecule has 0 heterocycles. The number of fused-ring (bicyclic) bond motifs is 3. The van der Waals surface area contributed by atoms with Crippen molar-refractivity contribution in [2.75, 3.05) is 0 Å². The monoisotopic (exact) mass is 394 g/mol. The van der Waals surface area contributed by atoms with E-state index in [1.54, 1.807) is 0 Å². The summed E-state index contributed by atoms with van der Waals surface area (Å²) in [5.74, 6) is 2.43. The third kappa shape index (κ3) is 4.28. The molecule has 0 spiro atoms. The van der Waals surface area contributed by atoms with Gasteiger partial charge >= 0.3 is 5.97 Å². The van der Waals surface area contributed by atoms with Gasteiger partial charge in [0.2, 0.25) is 0 Å². The summed E-state index contributed by atoms with van der Waals surface area (Å²) in [4.78, 5) is 11.1. The third-order valence-electron chi connectivity index (χ3n) is 9.18. The number of hydrogen-bond donors (Lipinski definition) is 3. The molecular weight excluding hydrogens is 352 g/mol. The molecular formula is C24H42O4. The zero-order valence-electron chi connectivity index (χ0n) is 18.1. The molecule has 0 aromatic carbocycles. The molecule has 0 bridgehead atoms. The first kappa shape index (κ1) is 22.1. The van der Waals surface area contributed by atoms with Crippen LogP contribution in [0.3, 0.4) is 0 Å². The normalized spacial score (nSPS) is 45.7. The fourth-order valence-corrected chi connectivity index (χ4v) is 7.50. The molecule has 3 fully saturated rings. The Kier molecular flexibility index (Phi) is 7.13. The Balaban J connectivity index is 1.79. The van der Waals surface area contributed by atoms with Crippen LogP contribution in [0.1, 0.15) is 91.4 Å². The lowest BCUT2D eigenvalue weighted by molar-refractivity contribution is -0.138. The van der Waals surface area contributed by atoms with E-state index in [9.17, 15) is 15.0 Å². The lowest BCUT2D eigenvalue weighted by Crippen LogP contribution is -2.53. The summed E-state index contributed by atoms with van der Waals surface area (Å²) in [6, 6.07) is 0. The molecule has 0 aromatic rings. The van der Waals surface area contributed by atoms with E-state index in [0.29, 0.717) is 35.5 Å². The van der Waals surface area contributed by atoms with Gasteiger partial charge in [0, 0.05) is 6.42 Å². The second-order valence-electron chi connectivity index (χ2n) is 10.6. The molecule has 4 heteroatoms. The Hall–Kier alpha value is -0.610. The zero-order valence-corrected chi connectivity index (χ0v) is 18.1. The molecule has 3 N–H and O–H groups in total. The number of hydrogen-bond acceptors (Lipinski definition) is 3. The topological polar surface area (TPSA) is 77.8 Å². The van der Waals surface area contributed by atoms with Gasteiger partial charge in [-0.3, -0.25) is 4.79 Å². The van der Waals surface area contributed by atoms with E-state index in [4.69, 9.17) is 5.11 Å². The minimum Gasteiger partial charge on any atom is -0.481 e. The molecule has 0 saturated heterocycles. The standard InChI is InChI=1S/C24H42O4/c1-15-8-10-17(25)6-4-5-7-18-19(15)14-22(26)24(3)20(11-12-21(18)24)16(2)9-13-23(27)28/h15-22,25-26H,4-14H2,1-3H3,(H,27,28)/t15-,16+,17-,18?,19?,20+,21?,22-,24+/m0/s1. The quantitative estimate of drug-likeness (QED) is 0.636. The summed E-state index contributed by atoms with van der Waals surface area (Å²) >= 11 is 0. The van der Waals surface area contributed by atoms with Crippen molar-refractivity contribution in [2.45, 2.75) is 104 Å². The molecule has 3 unspecified atom stereocenters. The number of aliphatic hydroxyl groups excluding tert-OH is 2. The van der Waals surface area contributed by atoms with Crippen molar-refractivity contribution in [1.82, 2.24) is 0 Å². The number of aliphatic carboxylic acids is 1. The predicted octanol–water partition coefficient (Wildman–Crippen LogP) is 4.87. The van der Waals surface area contributed by atoms with Crippen LogP contribution in [0.2, 0.25) is 0 Å². The molecule has 0 aliphatic heterocycles. The maximum absolute atomic E-state index is 11.4. The van der Waals surface area contributed by atoms with E-state index >= 15 is 0 Å². The van der Waals surface area contributed by atoms with Gasteiger partial charge in [-0.25, -0.2) is 0 Å². The van der Waals surface area contributed by atoms with Crippen LogP contribution in [0.25, 0.3) is 0 Å². The Bertz CT molecular complexity index is 535. The fourth-order valence-electron chi connectivity index (χ4n) is 7.50. The van der Waals surface area contributed by atoms with Gasteiger partial charge in [0.05, 0.1) is 12.2 Å². The van der Waals surface area contributed by atoms with Crippen molar-refractivity contribution >= 4 is 5.97 Å². The maximum atomic E-state index is 11.4. The van der Waals surface area contributed by atoms with Gasteiger partial charge in [-0.1, -0.05) is 33.6 Å². The molecule has 28 heavy (non-hydrogen) atoms. The Morgan fingerprint density at radius 1 is 1.04 bits per heavy atom. The van der Waals surface area contributed by atoms with E-state index in [0.717, 1.165) is 44.9 Å². The van der Waals surface area contributed by atoms with Crippen molar-refractivity contribution in [3.63, 3.8) is 0 Å². The van der Waals surface area contributed by atoms with E-state index in [1.807, 2.05) is 0 Å². The molecule has 162 valence electrons. The average Bonchev–Trinajstić information content (AvgIpc) is 3.01. The van der Waals surface area contributed by atoms with Gasteiger partial charge in [0.25, 0.3) is 0 Å². The van der Waals surface area contributed by atoms with Crippen LogP contribution >= 0.6 is 0 Å². The van der Waals surface area contributed by atoms with Crippen LogP contribution in [0, 0.1) is 40.9 Å². The van der Waals surface area contributed by atoms with Crippen molar-refractivity contribution in [3.05, 3.63) is 0 Å². The van der Waals surface area contributed by atoms with E-state index in [1.165, 1.54) is 19.3 Å². The molecule has 0 radical (unpaired) electrons. The summed E-state index contributed by atoms with van der Waals surface area (Å²) in [7, 11) is 0. The molecule has 4 nitrogen and oxygen atoms in total. The van der Waals surface area contributed by atoms with Crippen LogP contribution < -0.4 is 0 Å². The minimum atomic E-state index is -0.709. The number of carbonyl (C=O) groups is 1. The fraction of sp³-hybridized carbons (Fsp3) is 0.958. The number of carboxylic acids is 1. The first-order chi connectivity index (χ1) is 13.2. The van der Waals surface area contributed by atoms with Crippen LogP contribution in [0.4, 0.5) is 0 Å². The maximum Gasteiger partial charge on any atom is 0.303 e. The van der Waals surface area contributed by atoms with Gasteiger partial charge < -0.3 is 15.3 Å². The molecule has 0 aromatic heterocycles. The van der Waals surface area contributed by atoms with Crippen LogP contribution in [-0.2, 0) is 4.79 Å². The summed E-state index contributed by atoms with van der Waals surface area (Å²) in [5.41, 5.74) is -0.0670. The highest BCUT2D eigenvalue weighted by atomic mass is 16.4. The van der Waals surface area contributed by atoms with Crippen LogP contribution in [-0.4, -0.2) is 33.5 Å². The third-order valence-corrected chi connectivity index (χ3v) is 9.18. The highest BCUT2D eigenvalue weighted by Crippen LogP contribution is 2.63. The van der Waals surface area contributed by atoms with E-state index in [2.05, 4.69) is 20.8 Å². The molecule has 3 saturated carbocycles. The average molecular weight is 395 g/mol. The molecule has 0 amide bonds. The van der Waals surface area contributed by atoms with Crippen molar-refractivity contribution in [3.8, 4) is 0 Å². The lowest BCUT2D eigenvalue weighted by atomic mass is 9.52. The van der Waals surface area contributed by atoms with E-state index < -0.39 is 5.97 Å². The number of aliphatic hydroxyl groups is 2. The largest absolute Gasteiger partial charge is 0.481 e. The molecule has 3 aliphatic rings. The highest BCUT2D eigenvalue weighted by Gasteiger charge is 2.59.